The van der Waals surface area contributed by atoms with Gasteiger partial charge in [-0.25, -0.2) is 0 Å². The van der Waals surface area contributed by atoms with E-state index in [0.717, 1.165) is 11.1 Å². The Hall–Kier alpha value is -5.60. The summed E-state index contributed by atoms with van der Waals surface area (Å²) in [6.45, 7) is 0. The largest absolute Gasteiger partial charge is 0.331 e. The molecule has 0 spiro atoms. The zero-order chi connectivity index (χ0) is 29.7. The van der Waals surface area contributed by atoms with Crippen LogP contribution >= 0.6 is 24.4 Å². The number of nitro groups is 2. The molecule has 6 rings (SSSR count). The maximum atomic E-state index is 13.2. The van der Waals surface area contributed by atoms with E-state index in [4.69, 9.17) is 24.4 Å². The monoisotopic (exact) mass is 596 g/mol. The van der Waals surface area contributed by atoms with Crippen LogP contribution in [0.15, 0.2) is 94.5 Å². The van der Waals surface area contributed by atoms with Crippen molar-refractivity contribution in [2.75, 3.05) is 0 Å². The van der Waals surface area contributed by atoms with Crippen LogP contribution in [-0.4, -0.2) is 28.9 Å². The SMILES string of the molecule is O=c1c2ccc([N+](=O)[O-])cc2[nH]c(=S)n1-c1ccc(-c2ccc(-n3c(=S)[nH]c4cc([N+](=O)[O-])ccc4c3=O)cc2)cc1. The highest BCUT2D eigenvalue weighted by atomic mass is 32.1. The number of fused-ring (bicyclic) bond motifs is 2. The molecule has 0 aliphatic carbocycles. The summed E-state index contributed by atoms with van der Waals surface area (Å²) in [5.74, 6) is 0. The maximum Gasteiger partial charge on any atom is 0.271 e. The van der Waals surface area contributed by atoms with Crippen molar-refractivity contribution in [3.8, 4) is 22.5 Å². The van der Waals surface area contributed by atoms with Gasteiger partial charge in [0, 0.05) is 24.3 Å². The van der Waals surface area contributed by atoms with Gasteiger partial charge in [0.15, 0.2) is 9.54 Å². The molecule has 0 bridgehead atoms. The van der Waals surface area contributed by atoms with Crippen LogP contribution < -0.4 is 11.1 Å². The van der Waals surface area contributed by atoms with E-state index in [-0.39, 0.29) is 42.7 Å². The summed E-state index contributed by atoms with van der Waals surface area (Å²) in [6.07, 6.45) is 0. The molecule has 6 aromatic rings. The zero-order valence-corrected chi connectivity index (χ0v) is 22.8. The molecule has 2 aromatic heterocycles. The zero-order valence-electron chi connectivity index (χ0n) is 21.1. The molecule has 0 saturated heterocycles. The van der Waals surface area contributed by atoms with Gasteiger partial charge in [-0.2, -0.15) is 0 Å². The number of aromatic nitrogens is 4. The lowest BCUT2D eigenvalue weighted by Gasteiger charge is -2.11. The van der Waals surface area contributed by atoms with Gasteiger partial charge in [-0.15, -0.1) is 0 Å². The van der Waals surface area contributed by atoms with E-state index in [1.165, 1.54) is 45.5 Å². The first-order valence-electron chi connectivity index (χ1n) is 12.2. The number of rotatable bonds is 5. The van der Waals surface area contributed by atoms with E-state index in [9.17, 15) is 29.8 Å². The van der Waals surface area contributed by atoms with Crippen LogP contribution in [0.5, 0.6) is 0 Å². The summed E-state index contributed by atoms with van der Waals surface area (Å²) in [4.78, 5) is 53.2. The molecular formula is C28H16N6O6S2. The van der Waals surface area contributed by atoms with Crippen molar-refractivity contribution in [1.82, 2.24) is 19.1 Å². The average molecular weight is 597 g/mol. The minimum atomic E-state index is -0.544. The number of benzene rings is 4. The molecule has 0 fully saturated rings. The molecule has 0 aliphatic heterocycles. The lowest BCUT2D eigenvalue weighted by molar-refractivity contribution is -0.384. The van der Waals surface area contributed by atoms with Gasteiger partial charge in [0.05, 0.1) is 43.0 Å². The Kier molecular flexibility index (Phi) is 6.40. The molecule has 4 aromatic carbocycles. The molecule has 12 nitrogen and oxygen atoms in total. The summed E-state index contributed by atoms with van der Waals surface area (Å²) < 4.78 is 2.83. The molecule has 0 unspecified atom stereocenters. The third-order valence-electron chi connectivity index (χ3n) is 6.77. The Morgan fingerprint density at radius 3 is 1.26 bits per heavy atom. The van der Waals surface area contributed by atoms with Crippen molar-refractivity contribution < 1.29 is 9.85 Å². The van der Waals surface area contributed by atoms with Crippen LogP contribution in [0.4, 0.5) is 11.4 Å². The number of nitrogens with one attached hydrogen (secondary N) is 2. The molecule has 0 aliphatic rings. The summed E-state index contributed by atoms with van der Waals surface area (Å²) in [7, 11) is 0. The maximum absolute atomic E-state index is 13.2. The van der Waals surface area contributed by atoms with Gasteiger partial charge in [-0.05, 0) is 72.0 Å². The first-order chi connectivity index (χ1) is 20.1. The number of hydrogen-bond donors (Lipinski definition) is 2. The van der Waals surface area contributed by atoms with Gasteiger partial charge < -0.3 is 9.97 Å². The fourth-order valence-corrected chi connectivity index (χ4v) is 5.31. The Bertz CT molecular complexity index is 2170. The molecule has 206 valence electrons. The highest BCUT2D eigenvalue weighted by Gasteiger charge is 2.14. The standard InChI is InChI=1S/C28H16N6O6S2/c35-25-21-11-9-19(33(37)38)13-23(21)29-27(41)31(25)17-5-1-15(2-6-17)16-3-7-18(8-4-16)32-26(36)22-12-10-20(34(39)40)14-24(22)30-28(32)42/h1-14H,(H,29,41)(H,30,42). The molecule has 2 heterocycles. The Labute approximate surface area is 244 Å². The van der Waals surface area contributed by atoms with Gasteiger partial charge in [0.25, 0.3) is 22.5 Å². The van der Waals surface area contributed by atoms with Crippen LogP contribution in [0.2, 0.25) is 0 Å². The first-order valence-corrected chi connectivity index (χ1v) is 13.0. The minimum absolute atomic E-state index is 0.0945. The first kappa shape index (κ1) is 26.6. The normalized spacial score (nSPS) is 11.1. The topological polar surface area (TPSA) is 162 Å². The predicted molar refractivity (Wildman–Crippen MR) is 162 cm³/mol. The number of non-ortho nitro benzene ring substituents is 2. The van der Waals surface area contributed by atoms with E-state index in [2.05, 4.69) is 9.97 Å². The smallest absolute Gasteiger partial charge is 0.271 e. The molecule has 42 heavy (non-hydrogen) atoms. The van der Waals surface area contributed by atoms with Gasteiger partial charge >= 0.3 is 0 Å². The van der Waals surface area contributed by atoms with Crippen LogP contribution in [-0.2, 0) is 0 Å². The second kappa shape index (κ2) is 10.1. The lowest BCUT2D eigenvalue weighted by atomic mass is 10.0. The highest BCUT2D eigenvalue weighted by Crippen LogP contribution is 2.24. The molecule has 14 heteroatoms. The highest BCUT2D eigenvalue weighted by molar-refractivity contribution is 7.71. The number of nitrogens with zero attached hydrogens (tertiary/aromatic N) is 4. The van der Waals surface area contributed by atoms with E-state index >= 15 is 0 Å². The molecule has 2 N–H and O–H groups in total. The molecule has 0 radical (unpaired) electrons. The van der Waals surface area contributed by atoms with Gasteiger partial charge in [0.2, 0.25) is 0 Å². The Balaban J connectivity index is 1.33. The van der Waals surface area contributed by atoms with E-state index in [1.54, 1.807) is 24.3 Å². The Morgan fingerprint density at radius 1 is 0.571 bits per heavy atom. The second-order valence-corrected chi connectivity index (χ2v) is 9.98. The van der Waals surface area contributed by atoms with Gasteiger partial charge in [-0.1, -0.05) is 24.3 Å². The Morgan fingerprint density at radius 2 is 0.929 bits per heavy atom. The molecule has 0 saturated carbocycles. The second-order valence-electron chi connectivity index (χ2n) is 9.21. The third-order valence-corrected chi connectivity index (χ3v) is 7.34. The average Bonchev–Trinajstić information content (AvgIpc) is 2.97. The summed E-state index contributed by atoms with van der Waals surface area (Å²) >= 11 is 10.8. The fraction of sp³-hybridized carbons (Fsp3) is 0. The minimum Gasteiger partial charge on any atom is -0.331 e. The summed E-state index contributed by atoms with van der Waals surface area (Å²) in [5, 5.41) is 22.7. The number of nitro benzene ring substituents is 2. The number of H-pyrrole nitrogens is 2. The van der Waals surface area contributed by atoms with E-state index < -0.39 is 21.0 Å². The van der Waals surface area contributed by atoms with Gasteiger partial charge in [0.1, 0.15) is 0 Å². The van der Waals surface area contributed by atoms with Crippen LogP contribution in [0, 0.1) is 29.8 Å². The van der Waals surface area contributed by atoms with Crippen LogP contribution in [0.3, 0.4) is 0 Å². The van der Waals surface area contributed by atoms with Gasteiger partial charge in [-0.3, -0.25) is 39.0 Å². The summed E-state index contributed by atoms with van der Waals surface area (Å²) in [5.41, 5.74) is 2.10. The number of aromatic amines is 2. The van der Waals surface area contributed by atoms with E-state index in [1.807, 2.05) is 24.3 Å². The van der Waals surface area contributed by atoms with E-state index in [0.29, 0.717) is 11.4 Å². The van der Waals surface area contributed by atoms with Crippen LogP contribution in [0.25, 0.3) is 44.3 Å². The third kappa shape index (κ3) is 4.49. The molecule has 0 atom stereocenters. The lowest BCUT2D eigenvalue weighted by Crippen LogP contribution is -2.20. The molecular weight excluding hydrogens is 580 g/mol. The van der Waals surface area contributed by atoms with Crippen LogP contribution in [0.1, 0.15) is 0 Å². The van der Waals surface area contributed by atoms with Crippen molar-refractivity contribution in [3.63, 3.8) is 0 Å². The van der Waals surface area contributed by atoms with Crippen molar-refractivity contribution >= 4 is 57.6 Å². The number of hydrogen-bond acceptors (Lipinski definition) is 8. The van der Waals surface area contributed by atoms with Crippen molar-refractivity contribution in [3.05, 3.63) is 135 Å². The summed E-state index contributed by atoms with van der Waals surface area (Å²) in [6, 6.07) is 22.0. The van der Waals surface area contributed by atoms with Crippen molar-refractivity contribution in [2.45, 2.75) is 0 Å². The predicted octanol–water partition coefficient (Wildman–Crippen LogP) is 5.89. The van der Waals surface area contributed by atoms with Crippen molar-refractivity contribution in [2.24, 2.45) is 0 Å². The fourth-order valence-electron chi connectivity index (χ4n) is 4.71. The quantitative estimate of drug-likeness (QED) is 0.141. The van der Waals surface area contributed by atoms with Crippen molar-refractivity contribution in [1.29, 1.82) is 0 Å². The molecule has 0 amide bonds.